The average Bonchev–Trinajstić information content (AvgIpc) is 2.58. The largest absolute Gasteiger partial charge is 0.394 e. The van der Waals surface area contributed by atoms with E-state index in [0.29, 0.717) is 0 Å². The van der Waals surface area contributed by atoms with Crippen molar-refractivity contribution in [2.45, 2.75) is 59.7 Å². The second kappa shape index (κ2) is 8.79. The molecule has 2 aliphatic rings. The van der Waals surface area contributed by atoms with E-state index in [1.807, 2.05) is 0 Å². The highest BCUT2D eigenvalue weighted by molar-refractivity contribution is 8.77. The normalized spacial score (nSPS) is 50.0. The van der Waals surface area contributed by atoms with Crippen molar-refractivity contribution in [1.29, 1.82) is 0 Å². The third kappa shape index (κ3) is 4.16. The van der Waals surface area contributed by atoms with Crippen molar-refractivity contribution >= 4 is 21.6 Å². The van der Waals surface area contributed by atoms with Crippen LogP contribution in [0.25, 0.3) is 0 Å². The van der Waals surface area contributed by atoms with Crippen LogP contribution in [0.5, 0.6) is 0 Å². The molecule has 0 unspecified atom stereocenters. The van der Waals surface area contributed by atoms with E-state index >= 15 is 0 Å². The standard InChI is InChI=1S/C12H22O10S2/c13-1-3-5(15)7(17)9(19)11(21-3)23-24-12-10(20)8(18)6(16)4(2-14)22-12/h3-20H,1-2H2/t3-,4+,5-,6-,7-,8+,9-,10+,11+,12+/m1/s1. The molecule has 0 aromatic carbocycles. The number of ether oxygens (including phenoxy) is 2. The molecule has 0 radical (unpaired) electrons. The first-order valence-corrected chi connectivity index (χ1v) is 9.52. The third-order valence-electron chi connectivity index (χ3n) is 3.94. The molecule has 0 aliphatic carbocycles. The molecule has 142 valence electrons. The predicted octanol–water partition coefficient (Wildman–Crippen LogP) is -4.03. The van der Waals surface area contributed by atoms with Gasteiger partial charge in [0.15, 0.2) is 0 Å². The molecule has 2 saturated heterocycles. The molecule has 0 aromatic rings. The summed E-state index contributed by atoms with van der Waals surface area (Å²) in [5, 5.41) is 76.9. The Kier molecular flexibility index (Phi) is 7.55. The van der Waals surface area contributed by atoms with E-state index < -0.39 is 72.9 Å². The predicted molar refractivity (Wildman–Crippen MR) is 82.7 cm³/mol. The smallest absolute Gasteiger partial charge is 0.142 e. The van der Waals surface area contributed by atoms with E-state index in [-0.39, 0.29) is 0 Å². The van der Waals surface area contributed by atoms with Gasteiger partial charge in [0.2, 0.25) is 0 Å². The summed E-state index contributed by atoms with van der Waals surface area (Å²) in [6, 6.07) is 0. The second-order valence-corrected chi connectivity index (χ2v) is 8.06. The van der Waals surface area contributed by atoms with Gasteiger partial charge >= 0.3 is 0 Å². The molecule has 12 heteroatoms. The van der Waals surface area contributed by atoms with E-state index in [2.05, 4.69) is 0 Å². The minimum atomic E-state index is -1.52. The Labute approximate surface area is 145 Å². The zero-order chi connectivity index (χ0) is 18.0. The van der Waals surface area contributed by atoms with Gasteiger partial charge in [-0.25, -0.2) is 0 Å². The fourth-order valence-electron chi connectivity index (χ4n) is 2.40. The van der Waals surface area contributed by atoms with Crippen molar-refractivity contribution < 1.29 is 50.3 Å². The van der Waals surface area contributed by atoms with Crippen LogP contribution in [0.2, 0.25) is 0 Å². The minimum absolute atomic E-state index is 0.563. The number of aliphatic hydroxyl groups excluding tert-OH is 8. The van der Waals surface area contributed by atoms with E-state index in [9.17, 15) is 30.6 Å². The summed E-state index contributed by atoms with van der Waals surface area (Å²) in [6.07, 6.45) is -11.0. The molecule has 2 rings (SSSR count). The Morgan fingerprint density at radius 1 is 0.542 bits per heavy atom. The summed E-state index contributed by atoms with van der Waals surface area (Å²) >= 11 is 0. The maximum Gasteiger partial charge on any atom is 0.142 e. The Balaban J connectivity index is 1.96. The van der Waals surface area contributed by atoms with Crippen molar-refractivity contribution in [3.63, 3.8) is 0 Å². The van der Waals surface area contributed by atoms with Crippen LogP contribution in [0.1, 0.15) is 0 Å². The molecular weight excluding hydrogens is 368 g/mol. The molecule has 10 atom stereocenters. The quantitative estimate of drug-likeness (QED) is 0.213. The monoisotopic (exact) mass is 390 g/mol. The van der Waals surface area contributed by atoms with E-state index in [1.165, 1.54) is 0 Å². The summed E-state index contributed by atoms with van der Waals surface area (Å²) in [7, 11) is 1.72. The van der Waals surface area contributed by atoms with Gasteiger partial charge in [-0.1, -0.05) is 21.6 Å². The molecule has 0 bridgehead atoms. The number of hydrogen-bond donors (Lipinski definition) is 8. The van der Waals surface area contributed by atoms with Gasteiger partial charge in [0, 0.05) is 0 Å². The maximum absolute atomic E-state index is 9.93. The van der Waals surface area contributed by atoms with Crippen molar-refractivity contribution in [3.05, 3.63) is 0 Å². The average molecular weight is 390 g/mol. The summed E-state index contributed by atoms with van der Waals surface area (Å²) in [5.74, 6) is 0. The maximum atomic E-state index is 9.93. The van der Waals surface area contributed by atoms with Crippen molar-refractivity contribution in [2.75, 3.05) is 13.2 Å². The van der Waals surface area contributed by atoms with Crippen LogP contribution in [0, 0.1) is 0 Å². The first-order chi connectivity index (χ1) is 11.3. The van der Waals surface area contributed by atoms with Crippen LogP contribution < -0.4 is 0 Å². The first kappa shape index (κ1) is 20.6. The van der Waals surface area contributed by atoms with Crippen molar-refractivity contribution in [2.24, 2.45) is 0 Å². The van der Waals surface area contributed by atoms with Gasteiger partial charge in [-0.05, 0) is 0 Å². The van der Waals surface area contributed by atoms with Crippen LogP contribution in [-0.2, 0) is 9.47 Å². The second-order valence-electron chi connectivity index (χ2n) is 5.59. The Morgan fingerprint density at radius 2 is 0.875 bits per heavy atom. The van der Waals surface area contributed by atoms with Gasteiger partial charge in [-0.3, -0.25) is 0 Å². The van der Waals surface area contributed by atoms with Crippen LogP contribution in [0.15, 0.2) is 0 Å². The lowest BCUT2D eigenvalue weighted by molar-refractivity contribution is -0.206. The molecule has 0 spiro atoms. The summed E-state index contributed by atoms with van der Waals surface area (Å²) in [5.41, 5.74) is -2.09. The van der Waals surface area contributed by atoms with E-state index in [1.54, 1.807) is 0 Å². The van der Waals surface area contributed by atoms with Crippen LogP contribution >= 0.6 is 21.6 Å². The van der Waals surface area contributed by atoms with Gasteiger partial charge in [-0.15, -0.1) is 0 Å². The van der Waals surface area contributed by atoms with Gasteiger partial charge in [-0.2, -0.15) is 0 Å². The third-order valence-corrected chi connectivity index (χ3v) is 6.68. The fourth-order valence-corrected chi connectivity index (χ4v) is 5.16. The molecule has 2 heterocycles. The molecule has 0 aromatic heterocycles. The van der Waals surface area contributed by atoms with Gasteiger partial charge in [0.1, 0.15) is 59.7 Å². The Morgan fingerprint density at radius 3 is 1.17 bits per heavy atom. The molecule has 10 nitrogen and oxygen atoms in total. The van der Waals surface area contributed by atoms with E-state index in [4.69, 9.17) is 19.7 Å². The summed E-state index contributed by atoms with van der Waals surface area (Å²) < 4.78 is 10.6. The SMILES string of the molecule is OC[C@@H]1O[C@@H](SS[C@@H]2O[C@H](CO)[C@@H](O)[C@@H](O)[C@H]2O)[C@@H](O)[C@@H](O)[C@@H]1O. The number of hydrogen-bond acceptors (Lipinski definition) is 12. The molecule has 2 fully saturated rings. The highest BCUT2D eigenvalue weighted by Crippen LogP contribution is 2.41. The summed E-state index contributed by atoms with van der Waals surface area (Å²) in [4.78, 5) is 0. The first-order valence-electron chi connectivity index (χ1n) is 7.25. The van der Waals surface area contributed by atoms with Crippen LogP contribution in [0.3, 0.4) is 0 Å². The molecule has 0 saturated carbocycles. The summed E-state index contributed by atoms with van der Waals surface area (Å²) in [6.45, 7) is -1.13. The molecule has 2 aliphatic heterocycles. The molecular formula is C12H22O10S2. The van der Waals surface area contributed by atoms with Crippen molar-refractivity contribution in [3.8, 4) is 0 Å². The highest BCUT2D eigenvalue weighted by Gasteiger charge is 2.47. The molecule has 24 heavy (non-hydrogen) atoms. The van der Waals surface area contributed by atoms with Crippen LogP contribution in [-0.4, -0.2) is 114 Å². The van der Waals surface area contributed by atoms with E-state index in [0.717, 1.165) is 21.6 Å². The zero-order valence-electron chi connectivity index (χ0n) is 12.4. The van der Waals surface area contributed by atoms with Crippen LogP contribution in [0.4, 0.5) is 0 Å². The Hall–Kier alpha value is 0.300. The fraction of sp³-hybridized carbons (Fsp3) is 1.00. The van der Waals surface area contributed by atoms with Gasteiger partial charge < -0.3 is 50.3 Å². The van der Waals surface area contributed by atoms with Gasteiger partial charge in [0.05, 0.1) is 13.2 Å². The Bertz CT molecular complexity index is 364. The van der Waals surface area contributed by atoms with Crippen molar-refractivity contribution in [1.82, 2.24) is 0 Å². The lowest BCUT2D eigenvalue weighted by Crippen LogP contribution is -2.58. The topological polar surface area (TPSA) is 180 Å². The lowest BCUT2D eigenvalue weighted by atomic mass is 10.0. The highest BCUT2D eigenvalue weighted by atomic mass is 33.1. The zero-order valence-corrected chi connectivity index (χ0v) is 14.0. The van der Waals surface area contributed by atoms with Gasteiger partial charge in [0.25, 0.3) is 0 Å². The molecule has 8 N–H and O–H groups in total. The number of aliphatic hydroxyl groups is 8. The minimum Gasteiger partial charge on any atom is -0.394 e. The number of rotatable bonds is 5. The lowest BCUT2D eigenvalue weighted by Gasteiger charge is -2.42. The molecule has 0 amide bonds.